The van der Waals surface area contributed by atoms with Crippen molar-refractivity contribution in [3.8, 4) is 0 Å². The monoisotopic (exact) mass is 314 g/mol. The predicted molar refractivity (Wildman–Crippen MR) is 95.0 cm³/mol. The molecule has 5 heteroatoms. The standard InChI is InChI=1S/C18H26N4O/c1-13-5-4-6-15-16(13)14(9-21-15)7-8-20-17(19-3)22-10-18(2)11-23-12-18/h4-6,9,21H,7-8,10-12H2,1-3H3,(H2,19,20,22). The van der Waals surface area contributed by atoms with Gasteiger partial charge in [0, 0.05) is 42.7 Å². The van der Waals surface area contributed by atoms with Gasteiger partial charge in [0.1, 0.15) is 0 Å². The van der Waals surface area contributed by atoms with Crippen molar-refractivity contribution in [3.05, 3.63) is 35.5 Å². The second-order valence-corrected chi connectivity index (χ2v) is 6.72. The number of guanidine groups is 1. The number of hydrogen-bond donors (Lipinski definition) is 3. The Hall–Kier alpha value is -2.01. The third kappa shape index (κ3) is 3.50. The fraction of sp³-hybridized carbons (Fsp3) is 0.500. The molecule has 3 rings (SSSR count). The first-order valence-corrected chi connectivity index (χ1v) is 8.19. The molecule has 0 amide bonds. The molecule has 1 aromatic carbocycles. The first-order chi connectivity index (χ1) is 11.1. The molecule has 1 fully saturated rings. The second-order valence-electron chi connectivity index (χ2n) is 6.72. The van der Waals surface area contributed by atoms with Gasteiger partial charge in [-0.05, 0) is 30.5 Å². The summed E-state index contributed by atoms with van der Waals surface area (Å²) in [5.74, 6) is 0.856. The number of benzene rings is 1. The number of fused-ring (bicyclic) bond motifs is 1. The molecule has 23 heavy (non-hydrogen) atoms. The number of aliphatic imine (C=N–C) groups is 1. The van der Waals surface area contributed by atoms with Gasteiger partial charge in [-0.2, -0.15) is 0 Å². The molecule has 0 aliphatic carbocycles. The molecule has 2 aromatic rings. The maximum Gasteiger partial charge on any atom is 0.191 e. The first kappa shape index (κ1) is 15.9. The van der Waals surface area contributed by atoms with Gasteiger partial charge in [0.15, 0.2) is 5.96 Å². The summed E-state index contributed by atoms with van der Waals surface area (Å²) in [7, 11) is 1.81. The van der Waals surface area contributed by atoms with Gasteiger partial charge in [0.05, 0.1) is 13.2 Å². The summed E-state index contributed by atoms with van der Waals surface area (Å²) in [5.41, 5.74) is 4.12. The Morgan fingerprint density at radius 2 is 2.17 bits per heavy atom. The smallest absolute Gasteiger partial charge is 0.191 e. The largest absolute Gasteiger partial charge is 0.380 e. The zero-order valence-electron chi connectivity index (χ0n) is 14.2. The van der Waals surface area contributed by atoms with Crippen LogP contribution in [0, 0.1) is 12.3 Å². The third-order valence-corrected chi connectivity index (χ3v) is 4.49. The van der Waals surface area contributed by atoms with Crippen molar-refractivity contribution in [2.75, 3.05) is 33.4 Å². The first-order valence-electron chi connectivity index (χ1n) is 8.19. The maximum atomic E-state index is 5.28. The van der Waals surface area contributed by atoms with E-state index in [2.05, 4.69) is 58.9 Å². The number of aromatic amines is 1. The molecule has 0 bridgehead atoms. The Morgan fingerprint density at radius 1 is 1.35 bits per heavy atom. The van der Waals surface area contributed by atoms with E-state index < -0.39 is 0 Å². The Labute approximate surface area is 137 Å². The molecule has 1 saturated heterocycles. The van der Waals surface area contributed by atoms with Gasteiger partial charge >= 0.3 is 0 Å². The zero-order chi connectivity index (χ0) is 16.3. The molecule has 5 nitrogen and oxygen atoms in total. The summed E-state index contributed by atoms with van der Waals surface area (Å²) in [6.45, 7) is 7.78. The molecule has 0 unspecified atom stereocenters. The van der Waals surface area contributed by atoms with Crippen molar-refractivity contribution >= 4 is 16.9 Å². The van der Waals surface area contributed by atoms with Crippen LogP contribution in [0.25, 0.3) is 10.9 Å². The number of rotatable bonds is 5. The Kier molecular flexibility index (Phi) is 4.57. The SMILES string of the molecule is CN=C(NCCc1c[nH]c2cccc(C)c12)NCC1(C)COC1. The molecule has 0 saturated carbocycles. The minimum atomic E-state index is 0.242. The number of aromatic nitrogens is 1. The molecule has 1 aromatic heterocycles. The van der Waals surface area contributed by atoms with Gasteiger partial charge < -0.3 is 20.4 Å². The highest BCUT2D eigenvalue weighted by Gasteiger charge is 2.33. The Bertz CT molecular complexity index is 700. The Balaban J connectivity index is 1.53. The molecule has 0 radical (unpaired) electrons. The van der Waals surface area contributed by atoms with Crippen LogP contribution in [0.3, 0.4) is 0 Å². The highest BCUT2D eigenvalue weighted by molar-refractivity contribution is 5.86. The number of ether oxygens (including phenoxy) is 1. The number of nitrogens with one attached hydrogen (secondary N) is 3. The van der Waals surface area contributed by atoms with Crippen LogP contribution in [0.15, 0.2) is 29.4 Å². The van der Waals surface area contributed by atoms with Crippen LogP contribution in [0.1, 0.15) is 18.1 Å². The van der Waals surface area contributed by atoms with Crippen LogP contribution in [0.5, 0.6) is 0 Å². The quantitative estimate of drug-likeness (QED) is 0.586. The van der Waals surface area contributed by atoms with E-state index >= 15 is 0 Å². The van der Waals surface area contributed by atoms with Gasteiger partial charge in [-0.15, -0.1) is 0 Å². The van der Waals surface area contributed by atoms with Crippen molar-refractivity contribution < 1.29 is 4.74 Å². The lowest BCUT2D eigenvalue weighted by molar-refractivity contribution is -0.0971. The summed E-state index contributed by atoms with van der Waals surface area (Å²) in [5, 5.41) is 8.13. The van der Waals surface area contributed by atoms with Crippen molar-refractivity contribution in [1.82, 2.24) is 15.6 Å². The average molecular weight is 314 g/mol. The maximum absolute atomic E-state index is 5.28. The topological polar surface area (TPSA) is 61.4 Å². The van der Waals surface area contributed by atoms with Crippen LogP contribution >= 0.6 is 0 Å². The molecular formula is C18H26N4O. The highest BCUT2D eigenvalue weighted by Crippen LogP contribution is 2.25. The predicted octanol–water partition coefficient (Wildman–Crippen LogP) is 2.22. The van der Waals surface area contributed by atoms with Gasteiger partial charge in [0.25, 0.3) is 0 Å². The van der Waals surface area contributed by atoms with E-state index in [0.717, 1.165) is 38.7 Å². The molecule has 1 aliphatic heterocycles. The second kappa shape index (κ2) is 6.62. The van der Waals surface area contributed by atoms with Crippen molar-refractivity contribution in [2.45, 2.75) is 20.3 Å². The minimum Gasteiger partial charge on any atom is -0.380 e. The summed E-state index contributed by atoms with van der Waals surface area (Å²) < 4.78 is 5.28. The Morgan fingerprint density at radius 3 is 2.87 bits per heavy atom. The summed E-state index contributed by atoms with van der Waals surface area (Å²) in [6.07, 6.45) is 3.08. The highest BCUT2D eigenvalue weighted by atomic mass is 16.5. The van der Waals surface area contributed by atoms with Gasteiger partial charge in [-0.25, -0.2) is 0 Å². The summed E-state index contributed by atoms with van der Waals surface area (Å²) in [6, 6.07) is 6.38. The zero-order valence-corrected chi connectivity index (χ0v) is 14.2. The summed E-state index contributed by atoms with van der Waals surface area (Å²) in [4.78, 5) is 7.65. The van der Waals surface area contributed by atoms with E-state index in [9.17, 15) is 0 Å². The summed E-state index contributed by atoms with van der Waals surface area (Å²) >= 11 is 0. The fourth-order valence-electron chi connectivity index (χ4n) is 3.03. The normalized spacial score (nSPS) is 17.1. The van der Waals surface area contributed by atoms with Crippen molar-refractivity contribution in [1.29, 1.82) is 0 Å². The molecular weight excluding hydrogens is 288 g/mol. The van der Waals surface area contributed by atoms with Crippen LogP contribution in [0.2, 0.25) is 0 Å². The lowest BCUT2D eigenvalue weighted by Crippen LogP contribution is -2.51. The third-order valence-electron chi connectivity index (χ3n) is 4.49. The van der Waals surface area contributed by atoms with E-state index in [1.165, 1.54) is 22.0 Å². The van der Waals surface area contributed by atoms with Crippen molar-refractivity contribution in [3.63, 3.8) is 0 Å². The van der Waals surface area contributed by atoms with E-state index in [1.54, 1.807) is 0 Å². The van der Waals surface area contributed by atoms with E-state index in [-0.39, 0.29) is 5.41 Å². The van der Waals surface area contributed by atoms with Crippen molar-refractivity contribution in [2.24, 2.45) is 10.4 Å². The average Bonchev–Trinajstić information content (AvgIpc) is 2.93. The molecule has 0 atom stereocenters. The molecule has 3 N–H and O–H groups in total. The van der Waals surface area contributed by atoms with Gasteiger partial charge in [0.2, 0.25) is 0 Å². The van der Waals surface area contributed by atoms with Gasteiger partial charge in [-0.1, -0.05) is 19.1 Å². The number of H-pyrrole nitrogens is 1. The number of aryl methyl sites for hydroxylation is 1. The lowest BCUT2D eigenvalue weighted by Gasteiger charge is -2.38. The van der Waals surface area contributed by atoms with E-state index in [1.807, 2.05) is 7.05 Å². The van der Waals surface area contributed by atoms with Crippen LogP contribution in [-0.4, -0.2) is 44.3 Å². The van der Waals surface area contributed by atoms with E-state index in [4.69, 9.17) is 4.74 Å². The van der Waals surface area contributed by atoms with Crippen LogP contribution < -0.4 is 10.6 Å². The van der Waals surface area contributed by atoms with E-state index in [0.29, 0.717) is 0 Å². The molecule has 124 valence electrons. The minimum absolute atomic E-state index is 0.242. The van der Waals surface area contributed by atoms with Crippen LogP contribution in [-0.2, 0) is 11.2 Å². The van der Waals surface area contributed by atoms with Crippen LogP contribution in [0.4, 0.5) is 0 Å². The molecule has 0 spiro atoms. The lowest BCUT2D eigenvalue weighted by atomic mass is 9.89. The fourth-order valence-corrected chi connectivity index (χ4v) is 3.03. The molecule has 2 heterocycles. The molecule has 1 aliphatic rings. The number of hydrogen-bond acceptors (Lipinski definition) is 2. The van der Waals surface area contributed by atoms with Gasteiger partial charge in [-0.3, -0.25) is 4.99 Å². The number of nitrogens with zero attached hydrogens (tertiary/aromatic N) is 1.